The van der Waals surface area contributed by atoms with Gasteiger partial charge in [-0.25, -0.2) is 15.0 Å². The molecule has 0 aliphatic carbocycles. The van der Waals surface area contributed by atoms with E-state index in [1.165, 1.54) is 13.2 Å². The highest BCUT2D eigenvalue weighted by Crippen LogP contribution is 2.33. The second-order valence-electron chi connectivity index (χ2n) is 6.00. The maximum Gasteiger partial charge on any atom is 0.311 e. The van der Waals surface area contributed by atoms with Gasteiger partial charge in [-0.05, 0) is 24.3 Å². The average molecular weight is 373 g/mol. The van der Waals surface area contributed by atoms with Crippen molar-refractivity contribution in [3.63, 3.8) is 0 Å². The van der Waals surface area contributed by atoms with Gasteiger partial charge in [0, 0.05) is 17.2 Å². The molecule has 0 aliphatic rings. The first-order chi connectivity index (χ1) is 13.6. The Morgan fingerprint density at radius 3 is 2.46 bits per heavy atom. The van der Waals surface area contributed by atoms with Crippen LogP contribution in [0.3, 0.4) is 0 Å². The first-order valence-electron chi connectivity index (χ1n) is 8.39. The van der Waals surface area contributed by atoms with Gasteiger partial charge in [0.25, 0.3) is 0 Å². The number of benzene rings is 2. The maximum atomic E-state index is 11.3. The van der Waals surface area contributed by atoms with E-state index in [0.717, 1.165) is 5.56 Å². The zero-order valence-electron chi connectivity index (χ0n) is 14.9. The quantitative estimate of drug-likeness (QED) is 0.426. The van der Waals surface area contributed by atoms with Crippen molar-refractivity contribution < 1.29 is 9.66 Å². The number of hydrogen-bond acceptors (Lipinski definition) is 7. The molecule has 0 atom stereocenters. The molecule has 138 valence electrons. The second kappa shape index (κ2) is 6.92. The summed E-state index contributed by atoms with van der Waals surface area (Å²) in [5.41, 5.74) is 9.50. The van der Waals surface area contributed by atoms with Crippen molar-refractivity contribution in [2.45, 2.75) is 0 Å². The Morgan fingerprint density at radius 2 is 1.75 bits per heavy atom. The van der Waals surface area contributed by atoms with Gasteiger partial charge in [0.05, 0.1) is 23.2 Å². The Bertz CT molecular complexity index is 1200. The minimum atomic E-state index is -0.484. The molecule has 0 spiro atoms. The van der Waals surface area contributed by atoms with Gasteiger partial charge in [-0.1, -0.05) is 30.3 Å². The van der Waals surface area contributed by atoms with Gasteiger partial charge in [-0.2, -0.15) is 0 Å². The van der Waals surface area contributed by atoms with E-state index in [1.807, 2.05) is 30.3 Å². The fourth-order valence-corrected chi connectivity index (χ4v) is 2.98. The molecule has 0 saturated carbocycles. The van der Waals surface area contributed by atoms with Crippen LogP contribution in [0.15, 0.2) is 60.7 Å². The molecule has 8 nitrogen and oxygen atoms in total. The first kappa shape index (κ1) is 17.3. The average Bonchev–Trinajstić information content (AvgIpc) is 2.73. The van der Waals surface area contributed by atoms with Crippen molar-refractivity contribution in [1.29, 1.82) is 0 Å². The van der Waals surface area contributed by atoms with Gasteiger partial charge < -0.3 is 10.5 Å². The third-order valence-corrected chi connectivity index (χ3v) is 4.28. The topological polar surface area (TPSA) is 117 Å². The number of hydrogen-bond donors (Lipinski definition) is 1. The van der Waals surface area contributed by atoms with Crippen LogP contribution in [0.2, 0.25) is 0 Å². The number of nitro benzene ring substituents is 1. The van der Waals surface area contributed by atoms with Crippen molar-refractivity contribution >= 4 is 22.7 Å². The van der Waals surface area contributed by atoms with Crippen LogP contribution >= 0.6 is 0 Å². The molecule has 0 fully saturated rings. The van der Waals surface area contributed by atoms with Crippen LogP contribution in [-0.2, 0) is 0 Å². The summed E-state index contributed by atoms with van der Waals surface area (Å²) < 4.78 is 5.06. The number of nitrogens with two attached hydrogens (primary N) is 1. The molecule has 2 N–H and O–H groups in total. The monoisotopic (exact) mass is 373 g/mol. The van der Waals surface area contributed by atoms with Gasteiger partial charge >= 0.3 is 5.69 Å². The number of anilines is 1. The lowest BCUT2D eigenvalue weighted by Crippen LogP contribution is -2.00. The van der Waals surface area contributed by atoms with E-state index in [4.69, 9.17) is 10.5 Å². The highest BCUT2D eigenvalue weighted by molar-refractivity contribution is 5.91. The zero-order valence-corrected chi connectivity index (χ0v) is 14.9. The summed E-state index contributed by atoms with van der Waals surface area (Å²) in [5, 5.41) is 11.3. The van der Waals surface area contributed by atoms with Crippen molar-refractivity contribution in [2.75, 3.05) is 12.8 Å². The zero-order chi connectivity index (χ0) is 19.7. The molecule has 2 aromatic heterocycles. The van der Waals surface area contributed by atoms with Crippen molar-refractivity contribution in [3.8, 4) is 28.3 Å². The Hall–Kier alpha value is -4.07. The van der Waals surface area contributed by atoms with E-state index in [-0.39, 0.29) is 17.4 Å². The summed E-state index contributed by atoms with van der Waals surface area (Å²) in [6, 6.07) is 17.8. The van der Waals surface area contributed by atoms with E-state index in [1.54, 1.807) is 24.3 Å². The molecule has 0 radical (unpaired) electrons. The smallest absolute Gasteiger partial charge is 0.311 e. The molecular weight excluding hydrogens is 358 g/mol. The number of aromatic nitrogens is 3. The first-order valence-corrected chi connectivity index (χ1v) is 8.39. The van der Waals surface area contributed by atoms with Crippen molar-refractivity contribution in [1.82, 2.24) is 15.0 Å². The standard InChI is InChI=1S/C20H15N5O3/c1-28-17-10-7-13(11-16(17)25(26)27)14-8-9-15-19(22-14)18(24-20(21)23-15)12-5-3-2-4-6-12/h2-11H,1H3,(H2,21,23,24). The van der Waals surface area contributed by atoms with E-state index in [0.29, 0.717) is 28.0 Å². The number of methoxy groups -OCH3 is 1. The summed E-state index contributed by atoms with van der Waals surface area (Å²) in [4.78, 5) is 24.1. The third kappa shape index (κ3) is 3.07. The summed E-state index contributed by atoms with van der Waals surface area (Å²) in [6.45, 7) is 0. The molecule has 28 heavy (non-hydrogen) atoms. The Morgan fingerprint density at radius 1 is 0.964 bits per heavy atom. The Labute approximate surface area is 159 Å². The van der Waals surface area contributed by atoms with Gasteiger partial charge in [0.1, 0.15) is 11.2 Å². The number of pyridine rings is 1. The maximum absolute atomic E-state index is 11.3. The van der Waals surface area contributed by atoms with E-state index >= 15 is 0 Å². The van der Waals surface area contributed by atoms with Crippen LogP contribution in [-0.4, -0.2) is 27.0 Å². The number of rotatable bonds is 4. The van der Waals surface area contributed by atoms with Crippen LogP contribution < -0.4 is 10.5 Å². The number of nitrogens with zero attached hydrogens (tertiary/aromatic N) is 4. The number of ether oxygens (including phenoxy) is 1. The predicted molar refractivity (Wildman–Crippen MR) is 106 cm³/mol. The van der Waals surface area contributed by atoms with Crippen molar-refractivity contribution in [3.05, 3.63) is 70.8 Å². The minimum absolute atomic E-state index is 0.126. The highest BCUT2D eigenvalue weighted by Gasteiger charge is 2.17. The van der Waals surface area contributed by atoms with Gasteiger partial charge in [-0.3, -0.25) is 10.1 Å². The molecule has 0 saturated heterocycles. The summed E-state index contributed by atoms with van der Waals surface area (Å²) >= 11 is 0. The molecule has 4 rings (SSSR count). The molecule has 8 heteroatoms. The molecule has 0 amide bonds. The molecule has 0 bridgehead atoms. The number of fused-ring (bicyclic) bond motifs is 1. The summed E-state index contributed by atoms with van der Waals surface area (Å²) in [5.74, 6) is 0.344. The Balaban J connectivity index is 1.92. The van der Waals surface area contributed by atoms with Crippen LogP contribution in [0.5, 0.6) is 5.75 Å². The van der Waals surface area contributed by atoms with E-state index in [9.17, 15) is 10.1 Å². The van der Waals surface area contributed by atoms with Gasteiger partial charge in [-0.15, -0.1) is 0 Å². The van der Waals surface area contributed by atoms with Crippen molar-refractivity contribution in [2.24, 2.45) is 0 Å². The predicted octanol–water partition coefficient (Wildman–Crippen LogP) is 3.86. The largest absolute Gasteiger partial charge is 0.490 e. The molecule has 0 aliphatic heterocycles. The normalized spacial score (nSPS) is 10.8. The second-order valence-corrected chi connectivity index (χ2v) is 6.00. The van der Waals surface area contributed by atoms with Crippen LogP contribution in [0.25, 0.3) is 33.5 Å². The fourth-order valence-electron chi connectivity index (χ4n) is 2.98. The molecule has 4 aromatic rings. The number of nitrogen functional groups attached to an aromatic ring is 1. The Kier molecular flexibility index (Phi) is 4.29. The van der Waals surface area contributed by atoms with Gasteiger partial charge in [0.15, 0.2) is 5.75 Å². The summed E-state index contributed by atoms with van der Waals surface area (Å²) in [6.07, 6.45) is 0. The molecular formula is C20H15N5O3. The third-order valence-electron chi connectivity index (χ3n) is 4.28. The van der Waals surface area contributed by atoms with Gasteiger partial charge in [0.2, 0.25) is 5.95 Å². The number of nitro groups is 1. The van der Waals surface area contributed by atoms with Crippen LogP contribution in [0, 0.1) is 10.1 Å². The lowest BCUT2D eigenvalue weighted by Gasteiger charge is -2.09. The molecule has 2 aromatic carbocycles. The lowest BCUT2D eigenvalue weighted by atomic mass is 10.1. The highest BCUT2D eigenvalue weighted by atomic mass is 16.6. The SMILES string of the molecule is COc1ccc(-c2ccc3nc(N)nc(-c4ccccc4)c3n2)cc1[N+](=O)[O-]. The molecule has 0 unspecified atom stereocenters. The van der Waals surface area contributed by atoms with E-state index in [2.05, 4.69) is 15.0 Å². The molecule has 2 heterocycles. The van der Waals surface area contributed by atoms with Crippen LogP contribution in [0.1, 0.15) is 0 Å². The lowest BCUT2D eigenvalue weighted by molar-refractivity contribution is -0.385. The fraction of sp³-hybridized carbons (Fsp3) is 0.0500. The van der Waals surface area contributed by atoms with Crippen LogP contribution in [0.4, 0.5) is 11.6 Å². The van der Waals surface area contributed by atoms with E-state index < -0.39 is 4.92 Å². The minimum Gasteiger partial charge on any atom is -0.490 e. The summed E-state index contributed by atoms with van der Waals surface area (Å²) in [7, 11) is 1.39.